The molecule has 3 aromatic rings. The van der Waals surface area contributed by atoms with E-state index in [0.717, 1.165) is 5.75 Å². The van der Waals surface area contributed by atoms with Gasteiger partial charge in [0, 0.05) is 6.54 Å². The number of aromatic nitrogens is 3. The van der Waals surface area contributed by atoms with Crippen molar-refractivity contribution in [2.75, 3.05) is 18.9 Å². The maximum Gasteiger partial charge on any atom is 0.230 e. The summed E-state index contributed by atoms with van der Waals surface area (Å²) in [5.74, 6) is 2.31. The Morgan fingerprint density at radius 2 is 2.07 bits per heavy atom. The third-order valence-electron chi connectivity index (χ3n) is 3.82. The van der Waals surface area contributed by atoms with E-state index >= 15 is 0 Å². The normalized spacial score (nSPS) is 10.7. The van der Waals surface area contributed by atoms with E-state index in [1.165, 1.54) is 17.3 Å². The number of thioether (sulfide) groups is 1. The summed E-state index contributed by atoms with van der Waals surface area (Å²) >= 11 is 1.35. The minimum atomic E-state index is -0.0716. The minimum absolute atomic E-state index is 0.0716. The average molecular weight is 386 g/mol. The predicted molar refractivity (Wildman–Crippen MR) is 104 cm³/mol. The zero-order valence-corrected chi connectivity index (χ0v) is 16.2. The molecule has 0 aliphatic heterocycles. The molecule has 27 heavy (non-hydrogen) atoms. The number of benzene rings is 1. The van der Waals surface area contributed by atoms with Crippen LogP contribution in [0.2, 0.25) is 0 Å². The SMILES string of the molecule is CCn1c(SCC(=O)NCCOc2ccc(C)cc2)nnc1-c1ccco1. The first-order valence-electron chi connectivity index (χ1n) is 8.73. The molecule has 1 amide bonds. The standard InChI is InChI=1S/C19H22N4O3S/c1-3-23-18(16-5-4-11-26-16)21-22-19(23)27-13-17(24)20-10-12-25-15-8-6-14(2)7-9-15/h4-9,11H,3,10,12-13H2,1-2H3,(H,20,24). The summed E-state index contributed by atoms with van der Waals surface area (Å²) in [6, 6.07) is 11.5. The molecule has 0 saturated heterocycles. The molecular weight excluding hydrogens is 364 g/mol. The van der Waals surface area contributed by atoms with Gasteiger partial charge in [0.2, 0.25) is 5.91 Å². The fraction of sp³-hybridized carbons (Fsp3) is 0.316. The second-order valence-electron chi connectivity index (χ2n) is 5.83. The fourth-order valence-corrected chi connectivity index (χ4v) is 3.28. The first-order valence-corrected chi connectivity index (χ1v) is 9.72. The van der Waals surface area contributed by atoms with Gasteiger partial charge in [-0.1, -0.05) is 29.5 Å². The van der Waals surface area contributed by atoms with E-state index in [2.05, 4.69) is 15.5 Å². The topological polar surface area (TPSA) is 82.2 Å². The first-order chi connectivity index (χ1) is 13.2. The Morgan fingerprint density at radius 1 is 1.26 bits per heavy atom. The van der Waals surface area contributed by atoms with Gasteiger partial charge in [0.15, 0.2) is 16.7 Å². The van der Waals surface area contributed by atoms with Gasteiger partial charge in [-0.3, -0.25) is 9.36 Å². The van der Waals surface area contributed by atoms with Crippen LogP contribution in [-0.4, -0.2) is 39.6 Å². The molecule has 0 fully saturated rings. The monoisotopic (exact) mass is 386 g/mol. The zero-order valence-electron chi connectivity index (χ0n) is 15.3. The summed E-state index contributed by atoms with van der Waals surface area (Å²) in [4.78, 5) is 12.0. The molecule has 2 heterocycles. The van der Waals surface area contributed by atoms with Crippen LogP contribution in [0.1, 0.15) is 12.5 Å². The summed E-state index contributed by atoms with van der Waals surface area (Å²) in [7, 11) is 0. The lowest BCUT2D eigenvalue weighted by atomic mass is 10.2. The zero-order chi connectivity index (χ0) is 19.1. The van der Waals surface area contributed by atoms with Crippen molar-refractivity contribution < 1.29 is 13.9 Å². The van der Waals surface area contributed by atoms with Crippen LogP contribution in [0.3, 0.4) is 0 Å². The second-order valence-corrected chi connectivity index (χ2v) is 6.77. The molecule has 0 aliphatic rings. The molecule has 0 aliphatic carbocycles. The Balaban J connectivity index is 1.43. The maximum absolute atomic E-state index is 12.0. The van der Waals surface area contributed by atoms with E-state index in [1.807, 2.05) is 54.8 Å². The highest BCUT2D eigenvalue weighted by Gasteiger charge is 2.16. The number of carbonyl (C=O) groups is 1. The van der Waals surface area contributed by atoms with Crippen molar-refractivity contribution in [3.05, 3.63) is 48.2 Å². The van der Waals surface area contributed by atoms with Crippen molar-refractivity contribution in [1.82, 2.24) is 20.1 Å². The quantitative estimate of drug-likeness (QED) is 0.449. The highest BCUT2D eigenvalue weighted by Crippen LogP contribution is 2.24. The summed E-state index contributed by atoms with van der Waals surface area (Å²) in [5.41, 5.74) is 1.18. The molecule has 0 atom stereocenters. The van der Waals surface area contributed by atoms with Crippen LogP contribution in [-0.2, 0) is 11.3 Å². The number of ether oxygens (including phenoxy) is 1. The van der Waals surface area contributed by atoms with Crippen molar-refractivity contribution in [2.24, 2.45) is 0 Å². The van der Waals surface area contributed by atoms with Crippen molar-refractivity contribution in [3.8, 4) is 17.3 Å². The van der Waals surface area contributed by atoms with Crippen molar-refractivity contribution >= 4 is 17.7 Å². The lowest BCUT2D eigenvalue weighted by Gasteiger charge is -2.08. The predicted octanol–water partition coefficient (Wildman–Crippen LogP) is 3.15. The van der Waals surface area contributed by atoms with Crippen LogP contribution in [0.15, 0.2) is 52.2 Å². The maximum atomic E-state index is 12.0. The van der Waals surface area contributed by atoms with E-state index in [4.69, 9.17) is 9.15 Å². The molecule has 2 aromatic heterocycles. The van der Waals surface area contributed by atoms with Crippen LogP contribution in [0.5, 0.6) is 5.75 Å². The van der Waals surface area contributed by atoms with Gasteiger partial charge in [-0.05, 0) is 38.1 Å². The number of amides is 1. The number of rotatable bonds is 9. The lowest BCUT2D eigenvalue weighted by molar-refractivity contribution is -0.118. The summed E-state index contributed by atoms with van der Waals surface area (Å²) in [6.45, 7) is 5.59. The fourth-order valence-electron chi connectivity index (χ4n) is 2.44. The Hall–Kier alpha value is -2.74. The van der Waals surface area contributed by atoms with E-state index in [0.29, 0.717) is 36.4 Å². The number of carbonyl (C=O) groups excluding carboxylic acids is 1. The molecule has 0 bridgehead atoms. The average Bonchev–Trinajstić information content (AvgIpc) is 3.34. The summed E-state index contributed by atoms with van der Waals surface area (Å²) in [5, 5.41) is 11.9. The molecule has 1 N–H and O–H groups in total. The number of hydrogen-bond donors (Lipinski definition) is 1. The van der Waals surface area contributed by atoms with Crippen LogP contribution in [0.4, 0.5) is 0 Å². The Morgan fingerprint density at radius 3 is 2.78 bits per heavy atom. The molecule has 0 spiro atoms. The van der Waals surface area contributed by atoms with Crippen molar-refractivity contribution in [3.63, 3.8) is 0 Å². The van der Waals surface area contributed by atoms with Gasteiger partial charge in [0.25, 0.3) is 0 Å². The van der Waals surface area contributed by atoms with Gasteiger partial charge in [0.05, 0.1) is 18.6 Å². The number of nitrogens with zero attached hydrogens (tertiary/aromatic N) is 3. The van der Waals surface area contributed by atoms with Gasteiger partial charge in [-0.15, -0.1) is 10.2 Å². The van der Waals surface area contributed by atoms with Gasteiger partial charge in [0.1, 0.15) is 12.4 Å². The third-order valence-corrected chi connectivity index (χ3v) is 4.79. The molecule has 0 radical (unpaired) electrons. The van der Waals surface area contributed by atoms with Gasteiger partial charge in [-0.2, -0.15) is 0 Å². The van der Waals surface area contributed by atoms with E-state index in [-0.39, 0.29) is 11.7 Å². The number of nitrogens with one attached hydrogen (secondary N) is 1. The Bertz CT molecular complexity index is 860. The molecule has 0 saturated carbocycles. The second kappa shape index (κ2) is 9.27. The Kier molecular flexibility index (Phi) is 6.54. The Labute approximate surface area is 162 Å². The minimum Gasteiger partial charge on any atom is -0.492 e. The molecular formula is C19H22N4O3S. The van der Waals surface area contributed by atoms with Crippen LogP contribution >= 0.6 is 11.8 Å². The largest absolute Gasteiger partial charge is 0.492 e. The van der Waals surface area contributed by atoms with E-state index < -0.39 is 0 Å². The molecule has 1 aromatic carbocycles. The summed E-state index contributed by atoms with van der Waals surface area (Å²) in [6.07, 6.45) is 1.60. The third kappa shape index (κ3) is 5.13. The van der Waals surface area contributed by atoms with E-state index in [1.54, 1.807) is 6.26 Å². The van der Waals surface area contributed by atoms with Crippen LogP contribution in [0.25, 0.3) is 11.6 Å². The van der Waals surface area contributed by atoms with Crippen molar-refractivity contribution in [2.45, 2.75) is 25.5 Å². The molecule has 3 rings (SSSR count). The molecule has 0 unspecified atom stereocenters. The smallest absolute Gasteiger partial charge is 0.230 e. The van der Waals surface area contributed by atoms with Crippen molar-refractivity contribution in [1.29, 1.82) is 0 Å². The number of furan rings is 1. The highest BCUT2D eigenvalue weighted by molar-refractivity contribution is 7.99. The van der Waals surface area contributed by atoms with Crippen LogP contribution in [0, 0.1) is 6.92 Å². The first kappa shape index (κ1) is 19.0. The number of hydrogen-bond acceptors (Lipinski definition) is 6. The molecule has 142 valence electrons. The molecule has 8 heteroatoms. The molecule has 7 nitrogen and oxygen atoms in total. The van der Waals surface area contributed by atoms with Gasteiger partial charge >= 0.3 is 0 Å². The van der Waals surface area contributed by atoms with Crippen LogP contribution < -0.4 is 10.1 Å². The summed E-state index contributed by atoms with van der Waals surface area (Å²) < 4.78 is 12.9. The lowest BCUT2D eigenvalue weighted by Crippen LogP contribution is -2.29. The van der Waals surface area contributed by atoms with Gasteiger partial charge < -0.3 is 14.5 Å². The highest BCUT2D eigenvalue weighted by atomic mass is 32.2. The number of aryl methyl sites for hydroxylation is 1. The van der Waals surface area contributed by atoms with E-state index in [9.17, 15) is 4.79 Å². The van der Waals surface area contributed by atoms with Gasteiger partial charge in [-0.25, -0.2) is 0 Å².